The van der Waals surface area contributed by atoms with E-state index in [1.54, 1.807) is 12.1 Å². The van der Waals surface area contributed by atoms with Crippen LogP contribution in [-0.4, -0.2) is 42.4 Å². The van der Waals surface area contributed by atoms with Crippen LogP contribution in [0.5, 0.6) is 11.5 Å². The summed E-state index contributed by atoms with van der Waals surface area (Å²) in [7, 11) is 0. The van der Waals surface area contributed by atoms with E-state index < -0.39 is 0 Å². The van der Waals surface area contributed by atoms with Crippen molar-refractivity contribution in [3.8, 4) is 22.8 Å². The maximum Gasteiger partial charge on any atom is 0.262 e. The van der Waals surface area contributed by atoms with Gasteiger partial charge in [-0.15, -0.1) is 10.2 Å². The number of benzene rings is 2. The van der Waals surface area contributed by atoms with E-state index in [2.05, 4.69) is 27.3 Å². The lowest BCUT2D eigenvalue weighted by atomic mass is 10.1. The zero-order chi connectivity index (χ0) is 22.2. The Balaban J connectivity index is 1.31. The molecule has 1 aromatic heterocycles. The van der Waals surface area contributed by atoms with Gasteiger partial charge in [-0.1, -0.05) is 19.1 Å². The largest absolute Gasteiger partial charge is 0.494 e. The first-order valence-electron chi connectivity index (χ1n) is 11.1. The van der Waals surface area contributed by atoms with E-state index in [0.29, 0.717) is 18.0 Å². The number of rotatable bonds is 9. The lowest BCUT2D eigenvalue weighted by Crippen LogP contribution is -2.20. The third-order valence-corrected chi connectivity index (χ3v) is 5.19. The minimum atomic E-state index is -0.232. The Bertz CT molecular complexity index is 1020. The van der Waals surface area contributed by atoms with Crippen LogP contribution in [0.15, 0.2) is 60.7 Å². The smallest absolute Gasteiger partial charge is 0.262 e. The van der Waals surface area contributed by atoms with Crippen LogP contribution in [0.25, 0.3) is 11.3 Å². The maximum absolute atomic E-state index is 12.3. The Labute approximate surface area is 188 Å². The molecule has 2 aromatic carbocycles. The number of carbonyl (C=O) groups excluding carboxylic acids is 1. The molecule has 1 saturated heterocycles. The number of hydrogen-bond acceptors (Lipinski definition) is 6. The van der Waals surface area contributed by atoms with Gasteiger partial charge in [-0.25, -0.2) is 0 Å². The Morgan fingerprint density at radius 3 is 2.41 bits per heavy atom. The zero-order valence-electron chi connectivity index (χ0n) is 18.3. The van der Waals surface area contributed by atoms with E-state index in [-0.39, 0.29) is 12.5 Å². The van der Waals surface area contributed by atoms with E-state index >= 15 is 0 Å². The molecule has 7 heteroatoms. The normalized spacial score (nSPS) is 13.1. The van der Waals surface area contributed by atoms with Crippen molar-refractivity contribution in [2.45, 2.75) is 26.2 Å². The molecule has 0 spiro atoms. The second-order valence-electron chi connectivity index (χ2n) is 7.71. The van der Waals surface area contributed by atoms with Gasteiger partial charge in [-0.2, -0.15) is 0 Å². The molecule has 3 aromatic rings. The number of aromatic nitrogens is 2. The SMILES string of the molecule is CCCOc1ccc(OCC(=O)Nc2cccc(-c3ccc(N4CCCC4)nn3)c2)cc1. The monoisotopic (exact) mass is 432 g/mol. The summed E-state index contributed by atoms with van der Waals surface area (Å²) in [5.41, 5.74) is 2.35. The average molecular weight is 433 g/mol. The van der Waals surface area contributed by atoms with E-state index in [0.717, 1.165) is 42.3 Å². The molecule has 1 N–H and O–H groups in total. The standard InChI is InChI=1S/C25H28N4O3/c1-2-16-31-21-8-10-22(11-9-21)32-18-25(30)26-20-7-5-6-19(17-20)23-12-13-24(28-27-23)29-14-3-4-15-29/h5-13,17H,2-4,14-16,18H2,1H3,(H,26,30). The number of carbonyl (C=O) groups is 1. The highest BCUT2D eigenvalue weighted by atomic mass is 16.5. The van der Waals surface area contributed by atoms with Gasteiger partial charge in [0.1, 0.15) is 11.5 Å². The fourth-order valence-corrected chi connectivity index (χ4v) is 3.55. The molecule has 1 aliphatic heterocycles. The van der Waals surface area contributed by atoms with Gasteiger partial charge in [0.25, 0.3) is 5.91 Å². The number of anilines is 2. The molecule has 166 valence electrons. The summed E-state index contributed by atoms with van der Waals surface area (Å²) in [6.45, 7) is 4.73. The van der Waals surface area contributed by atoms with Gasteiger partial charge < -0.3 is 19.7 Å². The summed E-state index contributed by atoms with van der Waals surface area (Å²) >= 11 is 0. The minimum Gasteiger partial charge on any atom is -0.494 e. The van der Waals surface area contributed by atoms with Gasteiger partial charge in [0.2, 0.25) is 0 Å². The zero-order valence-corrected chi connectivity index (χ0v) is 18.3. The van der Waals surface area contributed by atoms with Crippen LogP contribution in [0.4, 0.5) is 11.5 Å². The summed E-state index contributed by atoms with van der Waals surface area (Å²) in [6.07, 6.45) is 3.36. The summed E-state index contributed by atoms with van der Waals surface area (Å²) in [6, 6.07) is 18.8. The van der Waals surface area contributed by atoms with Gasteiger partial charge >= 0.3 is 0 Å². The number of amides is 1. The van der Waals surface area contributed by atoms with Gasteiger partial charge in [0.05, 0.1) is 12.3 Å². The highest BCUT2D eigenvalue weighted by Gasteiger charge is 2.14. The molecule has 7 nitrogen and oxygen atoms in total. The summed E-state index contributed by atoms with van der Waals surface area (Å²) in [4.78, 5) is 14.6. The van der Waals surface area contributed by atoms with Gasteiger partial charge in [-0.3, -0.25) is 4.79 Å². The molecule has 32 heavy (non-hydrogen) atoms. The summed E-state index contributed by atoms with van der Waals surface area (Å²) < 4.78 is 11.1. The molecule has 0 aliphatic carbocycles. The van der Waals surface area contributed by atoms with Crippen molar-refractivity contribution < 1.29 is 14.3 Å². The van der Waals surface area contributed by atoms with Crippen molar-refractivity contribution in [1.82, 2.24) is 10.2 Å². The molecule has 1 amide bonds. The average Bonchev–Trinajstić information content (AvgIpc) is 3.37. The van der Waals surface area contributed by atoms with Crippen molar-refractivity contribution in [1.29, 1.82) is 0 Å². The second-order valence-corrected chi connectivity index (χ2v) is 7.71. The molecule has 1 fully saturated rings. The third-order valence-electron chi connectivity index (χ3n) is 5.19. The maximum atomic E-state index is 12.3. The molecular weight excluding hydrogens is 404 g/mol. The second kappa shape index (κ2) is 10.6. The minimum absolute atomic E-state index is 0.0796. The van der Waals surface area contributed by atoms with Crippen molar-refractivity contribution in [2.75, 3.05) is 36.5 Å². The summed E-state index contributed by atoms with van der Waals surface area (Å²) in [5.74, 6) is 2.09. The van der Waals surface area contributed by atoms with Crippen LogP contribution in [0.2, 0.25) is 0 Å². The van der Waals surface area contributed by atoms with Crippen LogP contribution < -0.4 is 19.7 Å². The quantitative estimate of drug-likeness (QED) is 0.535. The first-order valence-corrected chi connectivity index (χ1v) is 11.1. The van der Waals surface area contributed by atoms with Crippen molar-refractivity contribution in [3.05, 3.63) is 60.7 Å². The Morgan fingerprint density at radius 2 is 1.72 bits per heavy atom. The van der Waals surface area contributed by atoms with Crippen LogP contribution in [0, 0.1) is 0 Å². The number of nitrogens with zero attached hydrogens (tertiary/aromatic N) is 3. The molecule has 0 atom stereocenters. The van der Waals surface area contributed by atoms with Crippen molar-refractivity contribution >= 4 is 17.4 Å². The lowest BCUT2D eigenvalue weighted by molar-refractivity contribution is -0.118. The highest BCUT2D eigenvalue weighted by Crippen LogP contribution is 2.23. The molecule has 0 radical (unpaired) electrons. The first-order chi connectivity index (χ1) is 15.7. The fourth-order valence-electron chi connectivity index (χ4n) is 3.55. The van der Waals surface area contributed by atoms with Crippen LogP contribution in [0.1, 0.15) is 26.2 Å². The predicted molar refractivity (Wildman–Crippen MR) is 125 cm³/mol. The topological polar surface area (TPSA) is 76.6 Å². The van der Waals surface area contributed by atoms with E-state index in [1.165, 1.54) is 12.8 Å². The third kappa shape index (κ3) is 5.75. The van der Waals surface area contributed by atoms with Gasteiger partial charge in [0.15, 0.2) is 12.4 Å². The number of nitrogens with one attached hydrogen (secondary N) is 1. The number of hydrogen-bond donors (Lipinski definition) is 1. The molecule has 4 rings (SSSR count). The molecule has 1 aliphatic rings. The molecular formula is C25H28N4O3. The number of ether oxygens (including phenoxy) is 2. The van der Waals surface area contributed by atoms with Crippen molar-refractivity contribution in [3.63, 3.8) is 0 Å². The molecule has 0 unspecified atom stereocenters. The molecule has 0 saturated carbocycles. The Morgan fingerprint density at radius 1 is 0.969 bits per heavy atom. The Hall–Kier alpha value is -3.61. The van der Waals surface area contributed by atoms with E-state index in [1.807, 2.05) is 48.5 Å². The van der Waals surface area contributed by atoms with Crippen molar-refractivity contribution in [2.24, 2.45) is 0 Å². The van der Waals surface area contributed by atoms with Gasteiger partial charge in [0, 0.05) is 24.3 Å². The Kier molecular flexibility index (Phi) is 7.17. The predicted octanol–water partition coefficient (Wildman–Crippen LogP) is 4.55. The van der Waals surface area contributed by atoms with E-state index in [9.17, 15) is 4.79 Å². The van der Waals surface area contributed by atoms with Crippen LogP contribution in [-0.2, 0) is 4.79 Å². The fraction of sp³-hybridized carbons (Fsp3) is 0.320. The lowest BCUT2D eigenvalue weighted by Gasteiger charge is -2.15. The molecule has 0 bridgehead atoms. The molecule has 2 heterocycles. The van der Waals surface area contributed by atoms with E-state index in [4.69, 9.17) is 9.47 Å². The summed E-state index contributed by atoms with van der Waals surface area (Å²) in [5, 5.41) is 11.6. The van der Waals surface area contributed by atoms with Gasteiger partial charge in [-0.05, 0) is 67.8 Å². The first kappa shape index (κ1) is 21.6. The van der Waals surface area contributed by atoms with Crippen LogP contribution >= 0.6 is 0 Å². The highest BCUT2D eigenvalue weighted by molar-refractivity contribution is 5.92. The van der Waals surface area contributed by atoms with Crippen LogP contribution in [0.3, 0.4) is 0 Å².